The number of aryl methyl sites for hydroxylation is 2. The maximum atomic E-state index is 12.3. The van der Waals surface area contributed by atoms with Gasteiger partial charge in [-0.1, -0.05) is 29.8 Å². The average molecular weight is 269 g/mol. The van der Waals surface area contributed by atoms with Crippen LogP contribution < -0.4 is 5.32 Å². The van der Waals surface area contributed by atoms with E-state index in [1.54, 1.807) is 0 Å². The lowest BCUT2D eigenvalue weighted by Gasteiger charge is -2.05. The van der Waals surface area contributed by atoms with E-state index in [9.17, 15) is 4.79 Å². The number of fused-ring (bicyclic) bond motifs is 1. The first-order chi connectivity index (χ1) is 9.65. The molecule has 1 aliphatic rings. The maximum absolute atomic E-state index is 12.3. The lowest BCUT2D eigenvalue weighted by Crippen LogP contribution is -2.24. The number of nitrogens with zero attached hydrogens (tertiary/aromatic N) is 2. The van der Waals surface area contributed by atoms with Crippen molar-refractivity contribution in [3.63, 3.8) is 0 Å². The average Bonchev–Trinajstić information content (AvgIpc) is 3.02. The van der Waals surface area contributed by atoms with Crippen LogP contribution in [-0.2, 0) is 26.4 Å². The zero-order chi connectivity index (χ0) is 14.1. The molecule has 20 heavy (non-hydrogen) atoms. The summed E-state index contributed by atoms with van der Waals surface area (Å²) in [5.74, 6) is -0.0654. The summed E-state index contributed by atoms with van der Waals surface area (Å²) in [6.45, 7) is 2.60. The van der Waals surface area contributed by atoms with Crippen molar-refractivity contribution in [2.24, 2.45) is 7.05 Å². The molecule has 104 valence electrons. The lowest BCUT2D eigenvalue weighted by molar-refractivity contribution is 0.0944. The van der Waals surface area contributed by atoms with E-state index in [-0.39, 0.29) is 5.91 Å². The Bertz CT molecular complexity index is 640. The fourth-order valence-corrected chi connectivity index (χ4v) is 2.77. The zero-order valence-corrected chi connectivity index (χ0v) is 11.9. The SMILES string of the molecule is Cc1ccc(CNC(=O)c2nn(C)c3c2CCC3)cc1. The van der Waals surface area contributed by atoms with Crippen LogP contribution in [0.1, 0.15) is 39.3 Å². The molecule has 3 rings (SSSR count). The van der Waals surface area contributed by atoms with Gasteiger partial charge in [0.2, 0.25) is 0 Å². The molecule has 0 unspecified atom stereocenters. The molecule has 2 aromatic rings. The van der Waals surface area contributed by atoms with Gasteiger partial charge in [-0.15, -0.1) is 0 Å². The van der Waals surface area contributed by atoms with E-state index in [1.807, 2.05) is 23.9 Å². The van der Waals surface area contributed by atoms with Crippen LogP contribution >= 0.6 is 0 Å². The summed E-state index contributed by atoms with van der Waals surface area (Å²) in [4.78, 5) is 12.3. The van der Waals surface area contributed by atoms with Crippen molar-refractivity contribution < 1.29 is 4.79 Å². The van der Waals surface area contributed by atoms with Crippen molar-refractivity contribution in [2.75, 3.05) is 0 Å². The van der Waals surface area contributed by atoms with E-state index in [0.717, 1.165) is 30.4 Å². The van der Waals surface area contributed by atoms with Gasteiger partial charge in [0.05, 0.1) is 0 Å². The molecule has 0 atom stereocenters. The van der Waals surface area contributed by atoms with Gasteiger partial charge in [-0.2, -0.15) is 5.10 Å². The van der Waals surface area contributed by atoms with E-state index < -0.39 is 0 Å². The van der Waals surface area contributed by atoms with E-state index >= 15 is 0 Å². The molecule has 1 aromatic carbocycles. The minimum atomic E-state index is -0.0654. The van der Waals surface area contributed by atoms with Gasteiger partial charge in [-0.05, 0) is 31.7 Å². The number of benzene rings is 1. The van der Waals surface area contributed by atoms with Crippen LogP contribution in [0.25, 0.3) is 0 Å². The Balaban J connectivity index is 1.71. The van der Waals surface area contributed by atoms with E-state index in [0.29, 0.717) is 12.2 Å². The molecule has 0 saturated heterocycles. The van der Waals surface area contributed by atoms with E-state index in [1.165, 1.54) is 11.3 Å². The van der Waals surface area contributed by atoms with E-state index in [4.69, 9.17) is 0 Å². The Morgan fingerprint density at radius 3 is 2.80 bits per heavy atom. The van der Waals surface area contributed by atoms with Crippen molar-refractivity contribution in [3.8, 4) is 0 Å². The molecule has 0 fully saturated rings. The highest BCUT2D eigenvalue weighted by Crippen LogP contribution is 2.24. The summed E-state index contributed by atoms with van der Waals surface area (Å²) in [5, 5.41) is 7.33. The fraction of sp³-hybridized carbons (Fsp3) is 0.375. The maximum Gasteiger partial charge on any atom is 0.272 e. The van der Waals surface area contributed by atoms with Crippen LogP contribution in [0.3, 0.4) is 0 Å². The second kappa shape index (κ2) is 5.12. The first-order valence-electron chi connectivity index (χ1n) is 7.03. The summed E-state index contributed by atoms with van der Waals surface area (Å²) in [6, 6.07) is 8.19. The summed E-state index contributed by atoms with van der Waals surface area (Å²) in [7, 11) is 1.92. The molecule has 0 bridgehead atoms. The van der Waals surface area contributed by atoms with Gasteiger partial charge in [0.15, 0.2) is 5.69 Å². The Kier molecular flexibility index (Phi) is 3.30. The molecule has 0 spiro atoms. The molecule has 4 heteroatoms. The summed E-state index contributed by atoms with van der Waals surface area (Å²) < 4.78 is 1.85. The van der Waals surface area contributed by atoms with Crippen molar-refractivity contribution in [1.82, 2.24) is 15.1 Å². The standard InChI is InChI=1S/C16H19N3O/c1-11-6-8-12(9-7-11)10-17-16(20)15-13-4-3-5-14(13)19(2)18-15/h6-9H,3-5,10H2,1-2H3,(H,17,20). The highest BCUT2D eigenvalue weighted by molar-refractivity contribution is 5.94. The van der Waals surface area contributed by atoms with Crippen molar-refractivity contribution >= 4 is 5.91 Å². The van der Waals surface area contributed by atoms with Gasteiger partial charge in [-0.3, -0.25) is 9.48 Å². The summed E-state index contributed by atoms with van der Waals surface area (Å²) in [5.41, 5.74) is 5.28. The monoisotopic (exact) mass is 269 g/mol. The second-order valence-electron chi connectivity index (χ2n) is 5.42. The zero-order valence-electron chi connectivity index (χ0n) is 11.9. The first kappa shape index (κ1) is 12.9. The highest BCUT2D eigenvalue weighted by Gasteiger charge is 2.24. The lowest BCUT2D eigenvalue weighted by atomic mass is 10.1. The van der Waals surface area contributed by atoms with Crippen LogP contribution in [0, 0.1) is 6.92 Å². The van der Waals surface area contributed by atoms with Crippen LogP contribution in [-0.4, -0.2) is 15.7 Å². The summed E-state index contributed by atoms with van der Waals surface area (Å²) >= 11 is 0. The van der Waals surface area contributed by atoms with Gasteiger partial charge in [0, 0.05) is 24.8 Å². The third-order valence-electron chi connectivity index (χ3n) is 3.90. The summed E-state index contributed by atoms with van der Waals surface area (Å²) in [6.07, 6.45) is 3.12. The van der Waals surface area contributed by atoms with E-state index in [2.05, 4.69) is 29.5 Å². The minimum absolute atomic E-state index is 0.0654. The molecule has 1 aliphatic carbocycles. The fourth-order valence-electron chi connectivity index (χ4n) is 2.77. The van der Waals surface area contributed by atoms with Crippen LogP contribution in [0.2, 0.25) is 0 Å². The molecular weight excluding hydrogens is 250 g/mol. The predicted octanol–water partition coefficient (Wildman–Crippen LogP) is 2.15. The number of aromatic nitrogens is 2. The Morgan fingerprint density at radius 2 is 2.05 bits per heavy atom. The molecule has 0 saturated carbocycles. The number of hydrogen-bond donors (Lipinski definition) is 1. The number of nitrogens with one attached hydrogen (secondary N) is 1. The first-order valence-corrected chi connectivity index (χ1v) is 7.03. The van der Waals surface area contributed by atoms with Crippen molar-refractivity contribution in [1.29, 1.82) is 0 Å². The molecule has 1 heterocycles. The quantitative estimate of drug-likeness (QED) is 0.928. The topological polar surface area (TPSA) is 46.9 Å². The Morgan fingerprint density at radius 1 is 1.30 bits per heavy atom. The third kappa shape index (κ3) is 2.33. The third-order valence-corrected chi connectivity index (χ3v) is 3.90. The molecule has 1 N–H and O–H groups in total. The highest BCUT2D eigenvalue weighted by atomic mass is 16.1. The van der Waals surface area contributed by atoms with Gasteiger partial charge >= 0.3 is 0 Å². The van der Waals surface area contributed by atoms with Crippen LogP contribution in [0.4, 0.5) is 0 Å². The smallest absolute Gasteiger partial charge is 0.272 e. The van der Waals surface area contributed by atoms with Gasteiger partial charge in [-0.25, -0.2) is 0 Å². The number of carbonyl (C=O) groups is 1. The molecular formula is C16H19N3O. The number of amides is 1. The van der Waals surface area contributed by atoms with Crippen LogP contribution in [0.15, 0.2) is 24.3 Å². The Hall–Kier alpha value is -2.10. The molecule has 4 nitrogen and oxygen atoms in total. The molecule has 0 radical (unpaired) electrons. The van der Waals surface area contributed by atoms with Crippen molar-refractivity contribution in [2.45, 2.75) is 32.7 Å². The largest absolute Gasteiger partial charge is 0.347 e. The normalized spacial score (nSPS) is 13.3. The van der Waals surface area contributed by atoms with Crippen LogP contribution in [0.5, 0.6) is 0 Å². The molecule has 1 amide bonds. The molecule has 1 aromatic heterocycles. The second-order valence-corrected chi connectivity index (χ2v) is 5.42. The number of carbonyl (C=O) groups excluding carboxylic acids is 1. The van der Waals surface area contributed by atoms with Gasteiger partial charge < -0.3 is 5.32 Å². The van der Waals surface area contributed by atoms with Crippen molar-refractivity contribution in [3.05, 3.63) is 52.3 Å². The number of hydrogen-bond acceptors (Lipinski definition) is 2. The molecule has 0 aliphatic heterocycles. The van der Waals surface area contributed by atoms with Gasteiger partial charge in [0.1, 0.15) is 0 Å². The minimum Gasteiger partial charge on any atom is -0.347 e. The van der Waals surface area contributed by atoms with Gasteiger partial charge in [0.25, 0.3) is 5.91 Å². The Labute approximate surface area is 118 Å². The predicted molar refractivity (Wildman–Crippen MR) is 77.6 cm³/mol. The number of rotatable bonds is 3.